The number of aliphatic hydroxyl groups excluding tert-OH is 4. The molecular weight excluding hydrogens is 540 g/mol. The van der Waals surface area contributed by atoms with Gasteiger partial charge in [-0.3, -0.25) is 4.90 Å². The summed E-state index contributed by atoms with van der Waals surface area (Å²) < 4.78 is 18.7. The molecule has 0 amide bonds. The van der Waals surface area contributed by atoms with Crippen LogP contribution in [0.25, 0.3) is 0 Å². The van der Waals surface area contributed by atoms with Crippen molar-refractivity contribution in [3.63, 3.8) is 0 Å². The van der Waals surface area contributed by atoms with E-state index in [1.807, 2.05) is 46.7 Å². The molecule has 2 rings (SSSR count). The van der Waals surface area contributed by atoms with E-state index >= 15 is 0 Å². The quantitative estimate of drug-likeness (QED) is 0.308. The highest BCUT2D eigenvalue weighted by Gasteiger charge is 2.48. The Morgan fingerprint density at radius 3 is 2.05 bits per heavy atom. The molecule has 0 radical (unpaired) electrons. The van der Waals surface area contributed by atoms with Crippen LogP contribution in [-0.2, 0) is 14.2 Å². The smallest absolute Gasteiger partial charge is 0.185 e. The maximum atomic E-state index is 12.1. The Morgan fingerprint density at radius 1 is 0.881 bits per heavy atom. The van der Waals surface area contributed by atoms with Crippen LogP contribution < -0.4 is 0 Å². The molecule has 2 fully saturated rings. The van der Waals surface area contributed by atoms with E-state index in [4.69, 9.17) is 14.2 Å². The lowest BCUT2D eigenvalue weighted by Gasteiger charge is -2.47. The van der Waals surface area contributed by atoms with Crippen LogP contribution >= 0.6 is 0 Å². The minimum absolute atomic E-state index is 0.0176. The first-order valence-electron chi connectivity index (χ1n) is 16.3. The van der Waals surface area contributed by atoms with Crippen LogP contribution in [0, 0.1) is 23.7 Å². The van der Waals surface area contributed by atoms with E-state index in [0.29, 0.717) is 25.8 Å². The van der Waals surface area contributed by atoms with Crippen molar-refractivity contribution in [1.29, 1.82) is 0 Å². The Hall–Kier alpha value is -0.400. The largest absolute Gasteiger partial charge is 0.392 e. The lowest BCUT2D eigenvalue weighted by molar-refractivity contribution is -0.301. The molecule has 2 saturated heterocycles. The van der Waals surface area contributed by atoms with Crippen molar-refractivity contribution in [3.8, 4) is 0 Å². The minimum Gasteiger partial charge on any atom is -0.392 e. The summed E-state index contributed by atoms with van der Waals surface area (Å²) in [5.74, 6) is -1.60. The van der Waals surface area contributed by atoms with Gasteiger partial charge >= 0.3 is 0 Å². The summed E-state index contributed by atoms with van der Waals surface area (Å²) in [4.78, 5) is 4.21. The van der Waals surface area contributed by atoms with Crippen molar-refractivity contribution >= 4 is 0 Å². The van der Waals surface area contributed by atoms with Gasteiger partial charge in [-0.05, 0) is 73.0 Å². The van der Waals surface area contributed by atoms with Crippen LogP contribution in [-0.4, -0.2) is 129 Å². The lowest BCUT2D eigenvalue weighted by atomic mass is 9.77. The zero-order valence-corrected chi connectivity index (χ0v) is 28.2. The number of hydrogen-bond acceptors (Lipinski definition) is 10. The van der Waals surface area contributed by atoms with Crippen molar-refractivity contribution in [3.05, 3.63) is 0 Å². The maximum absolute atomic E-state index is 12.1. The summed E-state index contributed by atoms with van der Waals surface area (Å²) in [7, 11) is 3.82. The van der Waals surface area contributed by atoms with Crippen LogP contribution in [0.2, 0.25) is 0 Å². The fraction of sp³-hybridized carbons (Fsp3) is 1.00. The van der Waals surface area contributed by atoms with E-state index in [0.717, 1.165) is 13.0 Å². The fourth-order valence-corrected chi connectivity index (χ4v) is 7.27. The number of likely N-dealkylation sites (N-methyl/N-ethyl adjacent to an activating group) is 1. The third-order valence-electron chi connectivity index (χ3n) is 9.91. The van der Waals surface area contributed by atoms with Gasteiger partial charge < -0.3 is 44.6 Å². The molecule has 42 heavy (non-hydrogen) atoms. The third kappa shape index (κ3) is 9.31. The Morgan fingerprint density at radius 2 is 1.50 bits per heavy atom. The molecule has 5 N–H and O–H groups in total. The van der Waals surface area contributed by atoms with Crippen molar-refractivity contribution in [2.45, 2.75) is 155 Å². The van der Waals surface area contributed by atoms with Crippen molar-refractivity contribution in [2.24, 2.45) is 23.7 Å². The number of ether oxygens (including phenoxy) is 3. The molecule has 0 aromatic rings. The van der Waals surface area contributed by atoms with Crippen molar-refractivity contribution < 1.29 is 39.7 Å². The van der Waals surface area contributed by atoms with Gasteiger partial charge in [-0.15, -0.1) is 0 Å². The average Bonchev–Trinajstić information content (AvgIpc) is 2.92. The monoisotopic (exact) mass is 604 g/mol. The molecule has 0 aliphatic carbocycles. The minimum atomic E-state index is -1.41. The first-order valence-corrected chi connectivity index (χ1v) is 16.3. The Labute approximate surface area is 255 Å². The van der Waals surface area contributed by atoms with Crippen LogP contribution in [0.15, 0.2) is 0 Å². The van der Waals surface area contributed by atoms with E-state index in [9.17, 15) is 25.5 Å². The molecular formula is C32H64N2O8. The first kappa shape index (κ1) is 37.8. The van der Waals surface area contributed by atoms with Crippen LogP contribution in [0.3, 0.4) is 0 Å². The fourth-order valence-electron chi connectivity index (χ4n) is 7.27. The van der Waals surface area contributed by atoms with Gasteiger partial charge in [-0.1, -0.05) is 41.5 Å². The summed E-state index contributed by atoms with van der Waals surface area (Å²) in [5, 5.41) is 57.4. The summed E-state index contributed by atoms with van der Waals surface area (Å²) in [5.41, 5.74) is -1.41. The van der Waals surface area contributed by atoms with Crippen LogP contribution in [0.5, 0.6) is 0 Å². The normalized spacial score (nSPS) is 47.6. The second kappa shape index (κ2) is 16.2. The molecule has 2 aliphatic heterocycles. The molecule has 10 heteroatoms. The van der Waals surface area contributed by atoms with Gasteiger partial charge in [0.05, 0.1) is 36.1 Å². The highest BCUT2D eigenvalue weighted by Crippen LogP contribution is 2.36. The van der Waals surface area contributed by atoms with Gasteiger partial charge in [0.15, 0.2) is 12.6 Å². The molecule has 10 nitrogen and oxygen atoms in total. The van der Waals surface area contributed by atoms with Gasteiger partial charge in [0.1, 0.15) is 6.10 Å². The summed E-state index contributed by atoms with van der Waals surface area (Å²) in [6.07, 6.45) is -4.07. The Balaban J connectivity index is 2.52. The predicted molar refractivity (Wildman–Crippen MR) is 164 cm³/mol. The van der Waals surface area contributed by atoms with E-state index in [1.54, 1.807) is 20.8 Å². The molecule has 10 unspecified atom stereocenters. The van der Waals surface area contributed by atoms with Crippen LogP contribution in [0.4, 0.5) is 0 Å². The van der Waals surface area contributed by atoms with E-state index in [1.165, 1.54) is 0 Å². The van der Waals surface area contributed by atoms with Crippen molar-refractivity contribution in [1.82, 2.24) is 9.80 Å². The SMILES string of the molecule is CCCN1CC(C)C[C@](C)(O)C(O[C@@H]2OC(C)C[C@H](N(C)C)C2O)C(C)C(O)C(C)C(O)OC(CC)[C@@H](C)[C@H](O)C1C. The number of nitrogens with zero attached hydrogens (tertiary/aromatic N) is 2. The topological polar surface area (TPSA) is 135 Å². The summed E-state index contributed by atoms with van der Waals surface area (Å²) in [6.45, 7) is 18.7. The zero-order valence-electron chi connectivity index (χ0n) is 28.2. The zero-order chi connectivity index (χ0) is 32.1. The molecule has 2 heterocycles. The molecule has 0 aromatic carbocycles. The second-order valence-corrected chi connectivity index (χ2v) is 14.1. The number of aliphatic hydroxyl groups is 5. The van der Waals surface area contributed by atoms with E-state index < -0.39 is 60.5 Å². The van der Waals surface area contributed by atoms with Gasteiger partial charge in [-0.25, -0.2) is 0 Å². The summed E-state index contributed by atoms with van der Waals surface area (Å²) >= 11 is 0. The van der Waals surface area contributed by atoms with E-state index in [2.05, 4.69) is 18.7 Å². The van der Waals surface area contributed by atoms with Gasteiger partial charge in [0, 0.05) is 36.4 Å². The summed E-state index contributed by atoms with van der Waals surface area (Å²) in [6, 6.07) is -0.362. The molecule has 0 aromatic heterocycles. The molecule has 2 aliphatic rings. The highest BCUT2D eigenvalue weighted by molar-refractivity contribution is 4.95. The lowest BCUT2D eigenvalue weighted by Crippen LogP contribution is -2.59. The third-order valence-corrected chi connectivity index (χ3v) is 9.91. The number of rotatable bonds is 6. The first-order chi connectivity index (χ1) is 19.5. The molecule has 250 valence electrons. The van der Waals surface area contributed by atoms with Gasteiger partial charge in [-0.2, -0.15) is 0 Å². The molecule has 0 spiro atoms. The standard InChI is InChI=1S/C32H64N2O8/c1-12-14-34-17-18(3)16-32(9,39)29(42-31-28(37)24(33(10)11)15-19(4)40-31)21(6)26(35)22(7)30(38)41-25(13-2)20(5)27(36)23(34)8/h18-31,35-39H,12-17H2,1-11H3/t18?,19?,20-,21?,22?,23?,24+,25?,26?,27+,28?,29?,30?,31+,32+/m1/s1. The van der Waals surface area contributed by atoms with Crippen LogP contribution in [0.1, 0.15) is 88.0 Å². The molecule has 15 atom stereocenters. The maximum Gasteiger partial charge on any atom is 0.185 e. The Bertz CT molecular complexity index is 788. The predicted octanol–water partition coefficient (Wildman–Crippen LogP) is 2.43. The van der Waals surface area contributed by atoms with E-state index in [-0.39, 0.29) is 30.0 Å². The number of hydrogen-bond donors (Lipinski definition) is 5. The molecule has 0 bridgehead atoms. The molecule has 0 saturated carbocycles. The van der Waals surface area contributed by atoms with Gasteiger partial charge in [0.25, 0.3) is 0 Å². The Kier molecular flexibility index (Phi) is 14.6. The van der Waals surface area contributed by atoms with Gasteiger partial charge in [0.2, 0.25) is 0 Å². The second-order valence-electron chi connectivity index (χ2n) is 14.1. The van der Waals surface area contributed by atoms with Crippen molar-refractivity contribution in [2.75, 3.05) is 27.2 Å². The average molecular weight is 605 g/mol. The highest BCUT2D eigenvalue weighted by atomic mass is 16.7.